The fourth-order valence-electron chi connectivity index (χ4n) is 3.68. The molecular formula is C19H16N2O5S. The van der Waals surface area contributed by atoms with Crippen molar-refractivity contribution in [1.29, 1.82) is 0 Å². The van der Waals surface area contributed by atoms with Gasteiger partial charge in [-0.3, -0.25) is 5.10 Å². The summed E-state index contributed by atoms with van der Waals surface area (Å²) in [6.07, 6.45) is 2.41. The molecule has 0 saturated carbocycles. The number of fused-ring (bicyclic) bond motifs is 4. The van der Waals surface area contributed by atoms with Crippen LogP contribution in [0.4, 0.5) is 0 Å². The molecule has 1 aromatic carbocycles. The van der Waals surface area contributed by atoms with Gasteiger partial charge in [-0.05, 0) is 29.5 Å². The molecule has 0 unspecified atom stereocenters. The molecule has 0 atom stereocenters. The van der Waals surface area contributed by atoms with E-state index in [1.165, 1.54) is 0 Å². The molecule has 8 heteroatoms. The molecule has 7 nitrogen and oxygen atoms in total. The standard InChI is InChI=1S/C19H16N2O5S/c1-19(2)6-10-14(15-11(19)7-20-21-15)18(27-16(10)17(22)23)26-9-3-4-12-13(5-9)25-8-24-12/h3-5,7H,6,8H2,1-2H3,(H,20,21)(H,22,23). The summed E-state index contributed by atoms with van der Waals surface area (Å²) in [5.41, 5.74) is 3.23. The quantitative estimate of drug-likeness (QED) is 0.703. The van der Waals surface area contributed by atoms with Gasteiger partial charge in [0.15, 0.2) is 16.6 Å². The fraction of sp³-hybridized carbons (Fsp3) is 0.263. The van der Waals surface area contributed by atoms with E-state index in [-0.39, 0.29) is 12.2 Å². The summed E-state index contributed by atoms with van der Waals surface area (Å²) in [6.45, 7) is 4.36. The number of benzene rings is 1. The zero-order valence-corrected chi connectivity index (χ0v) is 15.5. The average molecular weight is 384 g/mol. The molecule has 0 fully saturated rings. The smallest absolute Gasteiger partial charge is 0.346 e. The number of ether oxygens (including phenoxy) is 3. The first-order chi connectivity index (χ1) is 12.9. The molecule has 0 radical (unpaired) electrons. The van der Waals surface area contributed by atoms with Crippen LogP contribution in [0.3, 0.4) is 0 Å². The molecule has 1 aliphatic carbocycles. The van der Waals surface area contributed by atoms with Gasteiger partial charge in [0, 0.05) is 11.6 Å². The Hall–Kier alpha value is -3.00. The van der Waals surface area contributed by atoms with Crippen LogP contribution in [0.15, 0.2) is 24.4 Å². The van der Waals surface area contributed by atoms with E-state index in [9.17, 15) is 9.90 Å². The Morgan fingerprint density at radius 1 is 1.33 bits per heavy atom. The molecule has 0 bridgehead atoms. The Labute approximate surface area is 158 Å². The van der Waals surface area contributed by atoms with Crippen molar-refractivity contribution >= 4 is 17.3 Å². The van der Waals surface area contributed by atoms with Crippen molar-refractivity contribution in [2.75, 3.05) is 6.79 Å². The van der Waals surface area contributed by atoms with E-state index in [0.29, 0.717) is 33.6 Å². The van der Waals surface area contributed by atoms with Gasteiger partial charge >= 0.3 is 5.97 Å². The maximum absolute atomic E-state index is 11.8. The second kappa shape index (κ2) is 5.50. The Kier molecular flexibility index (Phi) is 3.30. The van der Waals surface area contributed by atoms with Gasteiger partial charge in [-0.1, -0.05) is 25.2 Å². The summed E-state index contributed by atoms with van der Waals surface area (Å²) in [7, 11) is 0. The Bertz CT molecular complexity index is 1080. The van der Waals surface area contributed by atoms with Crippen LogP contribution in [-0.2, 0) is 11.8 Å². The van der Waals surface area contributed by atoms with Crippen molar-refractivity contribution in [2.24, 2.45) is 0 Å². The number of hydrogen-bond donors (Lipinski definition) is 2. The molecule has 2 aliphatic rings. The van der Waals surface area contributed by atoms with Gasteiger partial charge in [-0.15, -0.1) is 0 Å². The van der Waals surface area contributed by atoms with E-state index in [0.717, 1.165) is 33.7 Å². The van der Waals surface area contributed by atoms with Gasteiger partial charge < -0.3 is 19.3 Å². The first kappa shape index (κ1) is 16.2. The summed E-state index contributed by atoms with van der Waals surface area (Å²) in [6, 6.07) is 5.30. The molecule has 27 heavy (non-hydrogen) atoms. The second-order valence-electron chi connectivity index (χ2n) is 7.21. The Morgan fingerprint density at radius 2 is 2.15 bits per heavy atom. The zero-order valence-electron chi connectivity index (χ0n) is 14.7. The maximum Gasteiger partial charge on any atom is 0.346 e. The molecule has 5 rings (SSSR count). The number of hydrogen-bond acceptors (Lipinski definition) is 6. The van der Waals surface area contributed by atoms with Crippen LogP contribution < -0.4 is 14.2 Å². The van der Waals surface area contributed by atoms with Crippen LogP contribution in [0.1, 0.15) is 34.6 Å². The molecule has 0 saturated heterocycles. The van der Waals surface area contributed by atoms with Gasteiger partial charge in [-0.25, -0.2) is 4.79 Å². The first-order valence-electron chi connectivity index (χ1n) is 8.45. The van der Waals surface area contributed by atoms with E-state index in [1.54, 1.807) is 24.4 Å². The van der Waals surface area contributed by atoms with Crippen molar-refractivity contribution in [1.82, 2.24) is 10.2 Å². The lowest BCUT2D eigenvalue weighted by Crippen LogP contribution is -2.25. The minimum Gasteiger partial charge on any atom is -0.477 e. The molecule has 0 amide bonds. The summed E-state index contributed by atoms with van der Waals surface area (Å²) in [4.78, 5) is 12.1. The number of thiophene rings is 1. The van der Waals surface area contributed by atoms with E-state index in [2.05, 4.69) is 24.0 Å². The van der Waals surface area contributed by atoms with Crippen LogP contribution in [0.2, 0.25) is 0 Å². The van der Waals surface area contributed by atoms with E-state index < -0.39 is 5.97 Å². The van der Waals surface area contributed by atoms with Crippen molar-refractivity contribution in [3.8, 4) is 33.6 Å². The topological polar surface area (TPSA) is 93.7 Å². The summed E-state index contributed by atoms with van der Waals surface area (Å²) in [5.74, 6) is 0.890. The Morgan fingerprint density at radius 3 is 2.96 bits per heavy atom. The molecule has 0 spiro atoms. The number of carboxylic acid groups (broad SMARTS) is 1. The van der Waals surface area contributed by atoms with Crippen molar-refractivity contribution < 1.29 is 24.1 Å². The molecule has 1 aliphatic heterocycles. The van der Waals surface area contributed by atoms with Crippen molar-refractivity contribution in [2.45, 2.75) is 25.7 Å². The highest BCUT2D eigenvalue weighted by molar-refractivity contribution is 7.16. The number of aromatic carboxylic acids is 1. The average Bonchev–Trinajstić information content (AvgIpc) is 3.32. The van der Waals surface area contributed by atoms with Gasteiger partial charge in [0.1, 0.15) is 10.6 Å². The summed E-state index contributed by atoms with van der Waals surface area (Å²) >= 11 is 1.14. The highest BCUT2D eigenvalue weighted by Gasteiger charge is 2.39. The molecule has 3 heterocycles. The highest BCUT2D eigenvalue weighted by atomic mass is 32.1. The minimum absolute atomic E-state index is 0.183. The third-order valence-corrected chi connectivity index (χ3v) is 6.06. The van der Waals surface area contributed by atoms with Crippen molar-refractivity contribution in [3.05, 3.63) is 40.4 Å². The van der Waals surface area contributed by atoms with Gasteiger partial charge in [0.2, 0.25) is 6.79 Å². The third kappa shape index (κ3) is 2.40. The second-order valence-corrected chi connectivity index (χ2v) is 8.20. The number of carbonyl (C=O) groups is 1. The predicted octanol–water partition coefficient (Wildman–Crippen LogP) is 4.19. The van der Waals surface area contributed by atoms with Gasteiger partial charge in [0.25, 0.3) is 0 Å². The highest BCUT2D eigenvalue weighted by Crippen LogP contribution is 2.52. The Balaban J connectivity index is 1.64. The fourth-order valence-corrected chi connectivity index (χ4v) is 4.72. The number of carboxylic acids is 1. The number of nitrogens with one attached hydrogen (secondary N) is 1. The van der Waals surface area contributed by atoms with Crippen LogP contribution in [0.25, 0.3) is 11.3 Å². The maximum atomic E-state index is 11.8. The predicted molar refractivity (Wildman–Crippen MR) is 98.2 cm³/mol. The van der Waals surface area contributed by atoms with Gasteiger partial charge in [-0.2, -0.15) is 5.10 Å². The number of nitrogens with zero attached hydrogens (tertiary/aromatic N) is 1. The van der Waals surface area contributed by atoms with E-state index in [1.807, 2.05) is 0 Å². The summed E-state index contributed by atoms with van der Waals surface area (Å²) in [5, 5.41) is 17.5. The summed E-state index contributed by atoms with van der Waals surface area (Å²) < 4.78 is 16.8. The molecular weight excluding hydrogens is 368 g/mol. The SMILES string of the molecule is CC1(C)Cc2c(C(=O)O)sc(Oc3ccc4c(c3)OCO4)c2-c2[nH]ncc21. The lowest BCUT2D eigenvalue weighted by Gasteiger charge is -2.30. The third-order valence-electron chi connectivity index (χ3n) is 4.96. The first-order valence-corrected chi connectivity index (χ1v) is 9.26. The molecule has 138 valence electrons. The van der Waals surface area contributed by atoms with Crippen LogP contribution in [0, 0.1) is 0 Å². The molecule has 2 aromatic heterocycles. The van der Waals surface area contributed by atoms with E-state index in [4.69, 9.17) is 14.2 Å². The molecule has 3 aromatic rings. The largest absolute Gasteiger partial charge is 0.477 e. The van der Waals surface area contributed by atoms with Gasteiger partial charge in [0.05, 0.1) is 17.5 Å². The lowest BCUT2D eigenvalue weighted by molar-refractivity contribution is 0.0701. The number of rotatable bonds is 3. The number of aromatic nitrogens is 2. The van der Waals surface area contributed by atoms with Crippen LogP contribution in [0.5, 0.6) is 22.3 Å². The van der Waals surface area contributed by atoms with E-state index >= 15 is 0 Å². The monoisotopic (exact) mass is 384 g/mol. The van der Waals surface area contributed by atoms with Crippen LogP contribution >= 0.6 is 11.3 Å². The minimum atomic E-state index is -0.949. The van der Waals surface area contributed by atoms with Crippen LogP contribution in [-0.4, -0.2) is 28.1 Å². The molecule has 2 N–H and O–H groups in total. The van der Waals surface area contributed by atoms with Crippen molar-refractivity contribution in [3.63, 3.8) is 0 Å². The lowest BCUT2D eigenvalue weighted by atomic mass is 9.73. The normalized spacial score (nSPS) is 15.9. The number of H-pyrrole nitrogens is 1. The zero-order chi connectivity index (χ0) is 18.8. The number of aromatic amines is 1.